The van der Waals surface area contributed by atoms with Crippen LogP contribution in [0.5, 0.6) is 0 Å². The average molecular weight is 287 g/mol. The van der Waals surface area contributed by atoms with Crippen LogP contribution in [0.4, 0.5) is 0 Å². The van der Waals surface area contributed by atoms with E-state index in [2.05, 4.69) is 6.58 Å². The van der Waals surface area contributed by atoms with Crippen LogP contribution in [0.2, 0.25) is 0 Å². The van der Waals surface area contributed by atoms with Crippen LogP contribution in [0.25, 0.3) is 5.70 Å². The number of nitrogens with zero attached hydrogens (tertiary/aromatic N) is 1. The van der Waals surface area contributed by atoms with Crippen molar-refractivity contribution in [1.82, 2.24) is 4.90 Å². The summed E-state index contributed by atoms with van der Waals surface area (Å²) in [5, 5.41) is 9.12. The molecule has 0 radical (unpaired) electrons. The molecule has 0 aliphatic carbocycles. The lowest BCUT2D eigenvalue weighted by Crippen LogP contribution is -2.28. The van der Waals surface area contributed by atoms with Gasteiger partial charge in [0.1, 0.15) is 5.78 Å². The van der Waals surface area contributed by atoms with Crippen LogP contribution in [0.15, 0.2) is 30.8 Å². The van der Waals surface area contributed by atoms with Crippen LogP contribution >= 0.6 is 0 Å². The molecular formula is C16H17NO4. The van der Waals surface area contributed by atoms with Crippen molar-refractivity contribution in [2.45, 2.75) is 19.8 Å². The molecule has 0 saturated carbocycles. The summed E-state index contributed by atoms with van der Waals surface area (Å²) >= 11 is 0. The van der Waals surface area contributed by atoms with Gasteiger partial charge in [-0.2, -0.15) is 0 Å². The molecule has 21 heavy (non-hydrogen) atoms. The third-order valence-electron chi connectivity index (χ3n) is 3.62. The molecule has 1 aromatic carbocycles. The summed E-state index contributed by atoms with van der Waals surface area (Å²) in [6.45, 7) is 5.52. The molecule has 5 heteroatoms. The Morgan fingerprint density at radius 1 is 1.29 bits per heavy atom. The number of carboxylic acid groups (broad SMARTS) is 1. The first-order chi connectivity index (χ1) is 9.91. The van der Waals surface area contributed by atoms with Gasteiger partial charge >= 0.3 is 5.97 Å². The third-order valence-corrected chi connectivity index (χ3v) is 3.62. The molecule has 0 bridgehead atoms. The first-order valence-corrected chi connectivity index (χ1v) is 6.74. The summed E-state index contributed by atoms with van der Waals surface area (Å²) in [4.78, 5) is 36.0. The Morgan fingerprint density at radius 2 is 1.90 bits per heavy atom. The molecule has 0 fully saturated rings. The Labute approximate surface area is 122 Å². The molecule has 0 saturated heterocycles. The SMILES string of the molecule is C=C1c2ccccc2C(=O)N1CCC(CC(C)=O)C(=O)O. The highest BCUT2D eigenvalue weighted by molar-refractivity contribution is 6.08. The number of benzene rings is 1. The summed E-state index contributed by atoms with van der Waals surface area (Å²) in [6.07, 6.45) is 0.213. The zero-order valence-corrected chi connectivity index (χ0v) is 11.8. The maximum atomic E-state index is 12.3. The second-order valence-corrected chi connectivity index (χ2v) is 5.18. The van der Waals surface area contributed by atoms with Crippen LogP contribution in [0.1, 0.15) is 35.7 Å². The van der Waals surface area contributed by atoms with Crippen molar-refractivity contribution >= 4 is 23.4 Å². The number of carboxylic acids is 1. The number of amides is 1. The van der Waals surface area contributed by atoms with Crippen molar-refractivity contribution in [3.8, 4) is 0 Å². The van der Waals surface area contributed by atoms with Gasteiger partial charge in [-0.1, -0.05) is 24.8 Å². The number of ketones is 1. The number of carbonyl (C=O) groups excluding carboxylic acids is 2. The molecular weight excluding hydrogens is 270 g/mol. The summed E-state index contributed by atoms with van der Waals surface area (Å²) in [6, 6.07) is 7.16. The zero-order chi connectivity index (χ0) is 15.6. The maximum Gasteiger partial charge on any atom is 0.307 e. The number of carbonyl (C=O) groups is 3. The van der Waals surface area contributed by atoms with Gasteiger partial charge in [-0.3, -0.25) is 9.59 Å². The Morgan fingerprint density at radius 3 is 2.43 bits per heavy atom. The molecule has 5 nitrogen and oxygen atoms in total. The summed E-state index contributed by atoms with van der Waals surface area (Å²) < 4.78 is 0. The number of hydrogen-bond donors (Lipinski definition) is 1. The lowest BCUT2D eigenvalue weighted by Gasteiger charge is -2.19. The summed E-state index contributed by atoms with van der Waals surface area (Å²) in [7, 11) is 0. The highest BCUT2D eigenvalue weighted by Gasteiger charge is 2.31. The second kappa shape index (κ2) is 5.91. The Hall–Kier alpha value is -2.43. The maximum absolute atomic E-state index is 12.3. The molecule has 1 heterocycles. The van der Waals surface area contributed by atoms with E-state index in [0.717, 1.165) is 5.56 Å². The van der Waals surface area contributed by atoms with E-state index in [0.29, 0.717) is 11.3 Å². The van der Waals surface area contributed by atoms with Crippen molar-refractivity contribution in [1.29, 1.82) is 0 Å². The van der Waals surface area contributed by atoms with Crippen molar-refractivity contribution in [2.24, 2.45) is 5.92 Å². The van der Waals surface area contributed by atoms with E-state index in [1.165, 1.54) is 11.8 Å². The smallest absolute Gasteiger partial charge is 0.307 e. The number of Topliss-reactive ketones (excluding diaryl/α,β-unsaturated/α-hetero) is 1. The fraction of sp³-hybridized carbons (Fsp3) is 0.312. The molecule has 1 aromatic rings. The predicted molar refractivity (Wildman–Crippen MR) is 77.6 cm³/mol. The Balaban J connectivity index is 2.08. The summed E-state index contributed by atoms with van der Waals surface area (Å²) in [5.41, 5.74) is 1.95. The standard InChI is InChI=1S/C16H17NO4/c1-10(18)9-12(16(20)21)7-8-17-11(2)13-5-3-4-6-14(13)15(17)19/h3-6,12H,2,7-9H2,1H3,(H,20,21). The Kier molecular flexibility index (Phi) is 4.21. The van der Waals surface area contributed by atoms with E-state index in [9.17, 15) is 14.4 Å². The van der Waals surface area contributed by atoms with Gasteiger partial charge in [0.15, 0.2) is 0 Å². The van der Waals surface area contributed by atoms with Crippen molar-refractivity contribution in [3.63, 3.8) is 0 Å². The van der Waals surface area contributed by atoms with Gasteiger partial charge in [0, 0.05) is 29.8 Å². The predicted octanol–water partition coefficient (Wildman–Crippen LogP) is 2.18. The van der Waals surface area contributed by atoms with Gasteiger partial charge < -0.3 is 14.8 Å². The van der Waals surface area contributed by atoms with Gasteiger partial charge in [0.2, 0.25) is 0 Å². The monoisotopic (exact) mass is 287 g/mol. The lowest BCUT2D eigenvalue weighted by atomic mass is 9.99. The highest BCUT2D eigenvalue weighted by Crippen LogP contribution is 2.31. The van der Waals surface area contributed by atoms with E-state index >= 15 is 0 Å². The third kappa shape index (κ3) is 3.02. The molecule has 0 spiro atoms. The fourth-order valence-corrected chi connectivity index (χ4v) is 2.52. The average Bonchev–Trinajstić information content (AvgIpc) is 2.67. The first kappa shape index (κ1) is 15.0. The minimum atomic E-state index is -1.01. The van der Waals surface area contributed by atoms with E-state index in [-0.39, 0.29) is 31.1 Å². The highest BCUT2D eigenvalue weighted by atomic mass is 16.4. The molecule has 2 rings (SSSR count). The topological polar surface area (TPSA) is 74.7 Å². The molecule has 0 aromatic heterocycles. The number of rotatable bonds is 6. The zero-order valence-electron chi connectivity index (χ0n) is 11.8. The number of hydrogen-bond acceptors (Lipinski definition) is 3. The van der Waals surface area contributed by atoms with Crippen LogP contribution < -0.4 is 0 Å². The molecule has 1 aliphatic heterocycles. The van der Waals surface area contributed by atoms with Crippen molar-refractivity contribution in [3.05, 3.63) is 42.0 Å². The normalized spacial score (nSPS) is 15.0. The van der Waals surface area contributed by atoms with Crippen LogP contribution in [0, 0.1) is 5.92 Å². The minimum absolute atomic E-state index is 0.0171. The van der Waals surface area contributed by atoms with Crippen LogP contribution in [0.3, 0.4) is 0 Å². The van der Waals surface area contributed by atoms with Gasteiger partial charge in [-0.15, -0.1) is 0 Å². The fourth-order valence-electron chi connectivity index (χ4n) is 2.52. The minimum Gasteiger partial charge on any atom is -0.481 e. The number of fused-ring (bicyclic) bond motifs is 1. The van der Waals surface area contributed by atoms with Gasteiger partial charge in [-0.25, -0.2) is 0 Å². The summed E-state index contributed by atoms with van der Waals surface area (Å²) in [5.74, 6) is -2.12. The first-order valence-electron chi connectivity index (χ1n) is 6.74. The van der Waals surface area contributed by atoms with E-state index in [1.54, 1.807) is 12.1 Å². The van der Waals surface area contributed by atoms with Crippen molar-refractivity contribution in [2.75, 3.05) is 6.54 Å². The van der Waals surface area contributed by atoms with Gasteiger partial charge in [0.25, 0.3) is 5.91 Å². The molecule has 1 unspecified atom stereocenters. The molecule has 1 aliphatic rings. The van der Waals surface area contributed by atoms with Crippen molar-refractivity contribution < 1.29 is 19.5 Å². The van der Waals surface area contributed by atoms with Crippen LogP contribution in [-0.2, 0) is 9.59 Å². The lowest BCUT2D eigenvalue weighted by molar-refractivity contribution is -0.143. The quantitative estimate of drug-likeness (QED) is 0.870. The molecule has 1 atom stereocenters. The molecule has 1 amide bonds. The molecule has 1 N–H and O–H groups in total. The number of aliphatic carboxylic acids is 1. The largest absolute Gasteiger partial charge is 0.481 e. The van der Waals surface area contributed by atoms with Gasteiger partial charge in [-0.05, 0) is 19.4 Å². The Bertz CT molecular complexity index is 585. The molecule has 110 valence electrons. The van der Waals surface area contributed by atoms with Gasteiger partial charge in [0.05, 0.1) is 5.92 Å². The van der Waals surface area contributed by atoms with E-state index < -0.39 is 11.9 Å². The van der Waals surface area contributed by atoms with Crippen LogP contribution in [-0.4, -0.2) is 34.2 Å². The van der Waals surface area contributed by atoms with E-state index in [1.807, 2.05) is 12.1 Å². The van der Waals surface area contributed by atoms with E-state index in [4.69, 9.17) is 5.11 Å². The second-order valence-electron chi connectivity index (χ2n) is 5.18.